The average molecular weight is 590 g/mol. The Bertz CT molecular complexity index is 1490. The van der Waals surface area contributed by atoms with E-state index in [2.05, 4.69) is 35.1 Å². The molecule has 226 valence electrons. The van der Waals surface area contributed by atoms with Crippen molar-refractivity contribution in [2.24, 2.45) is 4.99 Å². The molecular formula is C37H39N3O4. The Morgan fingerprint density at radius 2 is 1.55 bits per heavy atom. The molecular weight excluding hydrogens is 550 g/mol. The maximum atomic E-state index is 14.0. The third-order valence-corrected chi connectivity index (χ3v) is 7.78. The van der Waals surface area contributed by atoms with E-state index in [1.54, 1.807) is 0 Å². The molecule has 44 heavy (non-hydrogen) atoms. The Morgan fingerprint density at radius 3 is 2.16 bits per heavy atom. The number of nitrogens with one attached hydrogen (secondary N) is 2. The monoisotopic (exact) mass is 589 g/mol. The first kappa shape index (κ1) is 30.7. The molecule has 0 spiro atoms. The van der Waals surface area contributed by atoms with Crippen LogP contribution < -0.4 is 15.6 Å². The molecule has 5 rings (SSSR count). The Balaban J connectivity index is 1.36. The van der Waals surface area contributed by atoms with Crippen molar-refractivity contribution in [2.45, 2.75) is 37.3 Å². The van der Waals surface area contributed by atoms with Crippen LogP contribution in [0.2, 0.25) is 0 Å². The van der Waals surface area contributed by atoms with Crippen molar-refractivity contribution < 1.29 is 19.4 Å². The number of aliphatic hydroxyl groups excluding tert-OH is 1. The fourth-order valence-corrected chi connectivity index (χ4v) is 5.26. The number of rotatable bonds is 14. The van der Waals surface area contributed by atoms with E-state index in [1.165, 1.54) is 0 Å². The minimum Gasteiger partial charge on any atom is -0.494 e. The summed E-state index contributed by atoms with van der Waals surface area (Å²) < 4.78 is 11.9. The van der Waals surface area contributed by atoms with E-state index in [9.17, 15) is 4.79 Å². The lowest BCUT2D eigenvalue weighted by molar-refractivity contribution is -0.129. The second-order valence-electron chi connectivity index (χ2n) is 10.8. The van der Waals surface area contributed by atoms with Crippen LogP contribution in [0.15, 0.2) is 126 Å². The van der Waals surface area contributed by atoms with Crippen molar-refractivity contribution in [3.63, 3.8) is 0 Å². The van der Waals surface area contributed by atoms with Crippen LogP contribution in [0.25, 0.3) is 6.08 Å². The second-order valence-corrected chi connectivity index (χ2v) is 10.8. The number of carbonyl (C=O) groups excluding carboxylic acids is 1. The lowest BCUT2D eigenvalue weighted by Gasteiger charge is -2.28. The first-order chi connectivity index (χ1) is 21.6. The van der Waals surface area contributed by atoms with Gasteiger partial charge in [-0.2, -0.15) is 0 Å². The molecule has 1 aliphatic heterocycles. The fraction of sp³-hybridized carbons (Fsp3) is 0.243. The van der Waals surface area contributed by atoms with Gasteiger partial charge in [0.05, 0.1) is 6.61 Å². The number of nitrogens with zero attached hydrogens (tertiary/aromatic N) is 1. The summed E-state index contributed by atoms with van der Waals surface area (Å²) in [5, 5.41) is 9.01. The summed E-state index contributed by atoms with van der Waals surface area (Å²) in [6.45, 7) is 2.90. The lowest BCUT2D eigenvalue weighted by atomic mass is 9.89. The van der Waals surface area contributed by atoms with Crippen molar-refractivity contribution in [3.05, 3.63) is 144 Å². The summed E-state index contributed by atoms with van der Waals surface area (Å²) in [7, 11) is 0. The number of hydrogen-bond donors (Lipinski definition) is 3. The molecule has 4 aromatic rings. The van der Waals surface area contributed by atoms with Crippen LogP contribution in [0.3, 0.4) is 0 Å². The topological polar surface area (TPSA) is 92.2 Å². The quantitative estimate of drug-likeness (QED) is 0.126. The van der Waals surface area contributed by atoms with Crippen molar-refractivity contribution in [3.8, 4) is 5.75 Å². The summed E-state index contributed by atoms with van der Waals surface area (Å²) in [5.41, 5.74) is 9.12. The highest BCUT2D eigenvalue weighted by molar-refractivity contribution is 6.00. The van der Waals surface area contributed by atoms with Gasteiger partial charge in [0.25, 0.3) is 5.91 Å². The number of benzene rings is 4. The fourth-order valence-electron chi connectivity index (χ4n) is 5.26. The molecule has 2 atom stereocenters. The Morgan fingerprint density at radius 1 is 0.932 bits per heavy atom. The van der Waals surface area contributed by atoms with Gasteiger partial charge in [-0.15, -0.1) is 0 Å². The second kappa shape index (κ2) is 15.1. The number of hydrazine groups is 1. The van der Waals surface area contributed by atoms with E-state index in [-0.39, 0.29) is 18.4 Å². The van der Waals surface area contributed by atoms with Crippen molar-refractivity contribution >= 4 is 17.9 Å². The molecule has 0 radical (unpaired) electrons. The van der Waals surface area contributed by atoms with Crippen LogP contribution in [0.1, 0.15) is 47.9 Å². The van der Waals surface area contributed by atoms with Crippen LogP contribution in [0.4, 0.5) is 0 Å². The molecule has 1 aliphatic rings. The van der Waals surface area contributed by atoms with Gasteiger partial charge in [-0.05, 0) is 47.9 Å². The highest BCUT2D eigenvalue weighted by Gasteiger charge is 2.49. The Labute approximate surface area is 259 Å². The van der Waals surface area contributed by atoms with Gasteiger partial charge in [0.1, 0.15) is 11.9 Å². The molecule has 0 saturated heterocycles. The average Bonchev–Trinajstić information content (AvgIpc) is 3.41. The molecule has 0 fully saturated rings. The van der Waals surface area contributed by atoms with Crippen molar-refractivity contribution in [1.82, 2.24) is 10.9 Å². The number of amides is 1. The van der Waals surface area contributed by atoms with Gasteiger partial charge in [0, 0.05) is 37.5 Å². The van der Waals surface area contributed by atoms with Gasteiger partial charge in [-0.1, -0.05) is 103 Å². The minimum absolute atomic E-state index is 0.0426. The van der Waals surface area contributed by atoms with Crippen LogP contribution in [0, 0.1) is 0 Å². The van der Waals surface area contributed by atoms with E-state index >= 15 is 0 Å². The van der Waals surface area contributed by atoms with Crippen LogP contribution in [-0.4, -0.2) is 48.3 Å². The van der Waals surface area contributed by atoms with Crippen LogP contribution in [-0.2, 0) is 9.53 Å². The molecule has 0 aromatic heterocycles. The zero-order valence-electron chi connectivity index (χ0n) is 24.9. The van der Waals surface area contributed by atoms with E-state index in [4.69, 9.17) is 19.6 Å². The van der Waals surface area contributed by atoms with Crippen LogP contribution in [0.5, 0.6) is 5.75 Å². The molecule has 0 saturated carbocycles. The molecule has 0 unspecified atom stereocenters. The smallest absolute Gasteiger partial charge is 0.266 e. The van der Waals surface area contributed by atoms with E-state index in [0.717, 1.165) is 22.3 Å². The summed E-state index contributed by atoms with van der Waals surface area (Å²) in [4.78, 5) is 19.0. The van der Waals surface area contributed by atoms with Gasteiger partial charge >= 0.3 is 0 Å². The van der Waals surface area contributed by atoms with Gasteiger partial charge < -0.3 is 14.6 Å². The zero-order valence-corrected chi connectivity index (χ0v) is 24.9. The number of carbonyl (C=O) groups is 1. The maximum absolute atomic E-state index is 14.0. The van der Waals surface area contributed by atoms with Crippen molar-refractivity contribution in [1.29, 1.82) is 0 Å². The summed E-state index contributed by atoms with van der Waals surface area (Å²) in [5.74, 6) is 0.885. The lowest BCUT2D eigenvalue weighted by Crippen LogP contribution is -2.55. The molecule has 3 N–H and O–H groups in total. The summed E-state index contributed by atoms with van der Waals surface area (Å²) >= 11 is 0. The summed E-state index contributed by atoms with van der Waals surface area (Å²) in [6, 6.07) is 37.9. The molecule has 1 heterocycles. The number of ether oxygens (including phenoxy) is 2. The molecule has 0 aliphatic carbocycles. The van der Waals surface area contributed by atoms with Gasteiger partial charge in [0.2, 0.25) is 5.90 Å². The molecule has 7 nitrogen and oxygen atoms in total. The highest BCUT2D eigenvalue weighted by Crippen LogP contribution is 2.33. The van der Waals surface area contributed by atoms with Gasteiger partial charge in [-0.25, -0.2) is 10.4 Å². The Hall–Kier alpha value is -4.72. The summed E-state index contributed by atoms with van der Waals surface area (Å²) in [6.07, 6.45) is 4.38. The van der Waals surface area contributed by atoms with Gasteiger partial charge in [0.15, 0.2) is 5.54 Å². The predicted molar refractivity (Wildman–Crippen MR) is 174 cm³/mol. The first-order valence-corrected chi connectivity index (χ1v) is 15.0. The number of aliphatic imine (C=N–C) groups is 1. The zero-order chi connectivity index (χ0) is 30.6. The van der Waals surface area contributed by atoms with E-state index in [1.807, 2.05) is 110 Å². The van der Waals surface area contributed by atoms with E-state index in [0.29, 0.717) is 37.6 Å². The third kappa shape index (κ3) is 7.61. The predicted octanol–water partition coefficient (Wildman–Crippen LogP) is 5.91. The maximum Gasteiger partial charge on any atom is 0.266 e. The molecule has 0 bridgehead atoms. The SMILES string of the molecule is C[C@@H]1OC(c2ccc(OCCCO)cc2)=N[C@]1(C/C=C/c1ccccc1)C(=O)NNCC(c1ccccc1)c1ccccc1. The molecule has 1 amide bonds. The van der Waals surface area contributed by atoms with E-state index < -0.39 is 11.6 Å². The number of hydrogen-bond acceptors (Lipinski definition) is 6. The van der Waals surface area contributed by atoms with Gasteiger partial charge in [-0.3, -0.25) is 10.2 Å². The van der Waals surface area contributed by atoms with Crippen molar-refractivity contribution in [2.75, 3.05) is 19.8 Å². The van der Waals surface area contributed by atoms with Crippen LogP contribution >= 0.6 is 0 Å². The standard InChI is InChI=1S/C37H39N3O4/c1-28-37(24-11-15-29-13-5-2-6-14-29,39-35(44-28)32-20-22-33(23-21-32)43-26-12-25-41)36(42)40-38-27-34(30-16-7-3-8-17-30)31-18-9-4-10-19-31/h2-11,13-23,28,34,38,41H,12,24-27H2,1H3,(H,40,42)/b15-11+/t28-,37-/m0/s1. The molecule has 4 aromatic carbocycles. The highest BCUT2D eigenvalue weighted by atomic mass is 16.5. The largest absolute Gasteiger partial charge is 0.494 e. The normalized spacial score (nSPS) is 17.8. The number of aliphatic hydroxyl groups is 1. The third-order valence-electron chi connectivity index (χ3n) is 7.78. The first-order valence-electron chi connectivity index (χ1n) is 15.0. The Kier molecular flexibility index (Phi) is 10.6. The minimum atomic E-state index is -1.18. The molecule has 7 heteroatoms.